The van der Waals surface area contributed by atoms with Crippen LogP contribution >= 0.6 is 11.8 Å². The summed E-state index contributed by atoms with van der Waals surface area (Å²) in [5.74, 6) is 0. The molecule has 1 aromatic heterocycles. The van der Waals surface area contributed by atoms with Gasteiger partial charge in [0.1, 0.15) is 0 Å². The van der Waals surface area contributed by atoms with Crippen molar-refractivity contribution >= 4 is 11.8 Å². The standard InChI is InChI=1S/C13H23N3S/c1-10-12(8-9-14)13(16(2)15-10)17-11-6-4-3-5-7-11/h11H,3-9,14H2,1-2H3. The van der Waals surface area contributed by atoms with Gasteiger partial charge in [-0.3, -0.25) is 4.68 Å². The number of nitrogens with two attached hydrogens (primary N) is 1. The van der Waals surface area contributed by atoms with Crippen LogP contribution in [0.5, 0.6) is 0 Å². The Morgan fingerprint density at radius 1 is 1.35 bits per heavy atom. The minimum Gasteiger partial charge on any atom is -0.330 e. The predicted octanol–water partition coefficient (Wildman–Crippen LogP) is 2.65. The van der Waals surface area contributed by atoms with Crippen LogP contribution in [0, 0.1) is 6.92 Å². The highest BCUT2D eigenvalue weighted by molar-refractivity contribution is 7.99. The van der Waals surface area contributed by atoms with Crippen molar-refractivity contribution in [2.75, 3.05) is 6.54 Å². The van der Waals surface area contributed by atoms with E-state index in [9.17, 15) is 0 Å². The molecule has 0 aromatic carbocycles. The van der Waals surface area contributed by atoms with Crippen molar-refractivity contribution in [3.63, 3.8) is 0 Å². The summed E-state index contributed by atoms with van der Waals surface area (Å²) >= 11 is 2.02. The molecule has 2 N–H and O–H groups in total. The molecule has 17 heavy (non-hydrogen) atoms. The van der Waals surface area contributed by atoms with Gasteiger partial charge in [0, 0.05) is 17.9 Å². The van der Waals surface area contributed by atoms with E-state index in [0.717, 1.165) is 17.4 Å². The molecule has 1 aromatic rings. The Labute approximate surface area is 108 Å². The van der Waals surface area contributed by atoms with Crippen molar-refractivity contribution in [3.8, 4) is 0 Å². The molecule has 96 valence electrons. The van der Waals surface area contributed by atoms with Crippen LogP contribution in [0.1, 0.15) is 43.4 Å². The molecule has 4 heteroatoms. The van der Waals surface area contributed by atoms with Crippen molar-refractivity contribution in [1.82, 2.24) is 9.78 Å². The summed E-state index contributed by atoms with van der Waals surface area (Å²) < 4.78 is 2.04. The summed E-state index contributed by atoms with van der Waals surface area (Å²) in [4.78, 5) is 0. The van der Waals surface area contributed by atoms with Crippen LogP contribution in [0.15, 0.2) is 5.03 Å². The van der Waals surface area contributed by atoms with Gasteiger partial charge in [0.25, 0.3) is 0 Å². The van der Waals surface area contributed by atoms with Gasteiger partial charge in [-0.15, -0.1) is 11.8 Å². The lowest BCUT2D eigenvalue weighted by molar-refractivity contribution is 0.514. The van der Waals surface area contributed by atoms with Crippen LogP contribution in [0.3, 0.4) is 0 Å². The SMILES string of the molecule is Cc1nn(C)c(SC2CCCCC2)c1CCN. The molecule has 0 saturated heterocycles. The van der Waals surface area contributed by atoms with Gasteiger partial charge in [0.15, 0.2) is 0 Å². The minimum absolute atomic E-state index is 0.713. The molecule has 1 aliphatic carbocycles. The van der Waals surface area contributed by atoms with E-state index in [1.54, 1.807) is 0 Å². The number of rotatable bonds is 4. The lowest BCUT2D eigenvalue weighted by Gasteiger charge is -2.21. The molecule has 0 atom stereocenters. The maximum atomic E-state index is 5.69. The molecule has 0 bridgehead atoms. The molecule has 2 rings (SSSR count). The molecule has 1 saturated carbocycles. The second kappa shape index (κ2) is 5.91. The maximum Gasteiger partial charge on any atom is 0.0974 e. The topological polar surface area (TPSA) is 43.8 Å². The Morgan fingerprint density at radius 2 is 2.06 bits per heavy atom. The van der Waals surface area contributed by atoms with Crippen LogP contribution in [0.4, 0.5) is 0 Å². The predicted molar refractivity (Wildman–Crippen MR) is 73.4 cm³/mol. The fraction of sp³-hybridized carbons (Fsp3) is 0.769. The van der Waals surface area contributed by atoms with E-state index in [0.29, 0.717) is 6.54 Å². The maximum absolute atomic E-state index is 5.69. The molecule has 1 aliphatic rings. The van der Waals surface area contributed by atoms with Gasteiger partial charge in [-0.05, 0) is 32.7 Å². The molecule has 0 aliphatic heterocycles. The highest BCUT2D eigenvalue weighted by Gasteiger charge is 2.20. The van der Waals surface area contributed by atoms with Gasteiger partial charge < -0.3 is 5.73 Å². The van der Waals surface area contributed by atoms with Crippen molar-refractivity contribution in [1.29, 1.82) is 0 Å². The van der Waals surface area contributed by atoms with Gasteiger partial charge in [0.2, 0.25) is 0 Å². The van der Waals surface area contributed by atoms with Crippen molar-refractivity contribution in [2.45, 2.75) is 55.7 Å². The van der Waals surface area contributed by atoms with Gasteiger partial charge >= 0.3 is 0 Å². The fourth-order valence-corrected chi connectivity index (χ4v) is 4.07. The first-order chi connectivity index (χ1) is 8.22. The summed E-state index contributed by atoms with van der Waals surface area (Å²) in [6.07, 6.45) is 7.86. The highest BCUT2D eigenvalue weighted by Crippen LogP contribution is 2.35. The smallest absolute Gasteiger partial charge is 0.0974 e. The Kier molecular flexibility index (Phi) is 4.51. The van der Waals surface area contributed by atoms with Crippen molar-refractivity contribution in [2.24, 2.45) is 12.8 Å². The number of hydrogen-bond donors (Lipinski definition) is 1. The lowest BCUT2D eigenvalue weighted by Crippen LogP contribution is -2.10. The summed E-state index contributed by atoms with van der Waals surface area (Å²) in [7, 11) is 2.05. The molecule has 0 unspecified atom stereocenters. The van der Waals surface area contributed by atoms with Gasteiger partial charge in [0.05, 0.1) is 10.7 Å². The monoisotopic (exact) mass is 253 g/mol. The number of thioether (sulfide) groups is 1. The third-order valence-electron chi connectivity index (χ3n) is 3.51. The minimum atomic E-state index is 0.713. The summed E-state index contributed by atoms with van der Waals surface area (Å²) in [5.41, 5.74) is 8.21. The lowest BCUT2D eigenvalue weighted by atomic mass is 10.0. The molecule has 1 heterocycles. The average molecular weight is 253 g/mol. The fourth-order valence-electron chi connectivity index (χ4n) is 2.60. The number of nitrogens with zero attached hydrogens (tertiary/aromatic N) is 2. The van der Waals surface area contributed by atoms with E-state index in [4.69, 9.17) is 5.73 Å². The third-order valence-corrected chi connectivity index (χ3v) is 5.05. The van der Waals surface area contributed by atoms with Crippen LogP contribution in [0.2, 0.25) is 0 Å². The van der Waals surface area contributed by atoms with E-state index in [1.807, 2.05) is 16.4 Å². The van der Waals surface area contributed by atoms with Gasteiger partial charge in [-0.1, -0.05) is 19.3 Å². The van der Waals surface area contributed by atoms with Crippen molar-refractivity contribution < 1.29 is 0 Å². The van der Waals surface area contributed by atoms with Crippen molar-refractivity contribution in [3.05, 3.63) is 11.3 Å². The van der Waals surface area contributed by atoms with Crippen LogP contribution in [-0.2, 0) is 13.5 Å². The first kappa shape index (κ1) is 13.0. The van der Waals surface area contributed by atoms with E-state index in [2.05, 4.69) is 19.1 Å². The average Bonchev–Trinajstić information content (AvgIpc) is 2.58. The first-order valence-corrected chi connectivity index (χ1v) is 7.49. The molecule has 0 spiro atoms. The van der Waals surface area contributed by atoms with Crippen LogP contribution in [0.25, 0.3) is 0 Å². The second-order valence-electron chi connectivity index (χ2n) is 4.91. The molecular weight excluding hydrogens is 230 g/mol. The molecule has 0 radical (unpaired) electrons. The van der Waals surface area contributed by atoms with E-state index < -0.39 is 0 Å². The number of aromatic nitrogens is 2. The zero-order valence-corrected chi connectivity index (χ0v) is 11.7. The normalized spacial score (nSPS) is 17.6. The Hall–Kier alpha value is -0.480. The third kappa shape index (κ3) is 3.05. The summed E-state index contributed by atoms with van der Waals surface area (Å²) in [5, 5.41) is 6.67. The number of hydrogen-bond acceptors (Lipinski definition) is 3. The molecule has 0 amide bonds. The van der Waals surface area contributed by atoms with Crippen LogP contribution in [-0.4, -0.2) is 21.6 Å². The molecule has 1 fully saturated rings. The van der Waals surface area contributed by atoms with Gasteiger partial charge in [-0.2, -0.15) is 5.10 Å². The zero-order valence-electron chi connectivity index (χ0n) is 10.9. The van der Waals surface area contributed by atoms with E-state index in [1.165, 1.54) is 42.7 Å². The summed E-state index contributed by atoms with van der Waals surface area (Å²) in [6.45, 7) is 2.81. The van der Waals surface area contributed by atoms with E-state index in [-0.39, 0.29) is 0 Å². The quantitative estimate of drug-likeness (QED) is 0.897. The highest BCUT2D eigenvalue weighted by atomic mass is 32.2. The second-order valence-corrected chi connectivity index (χ2v) is 6.20. The first-order valence-electron chi connectivity index (χ1n) is 6.61. The number of aryl methyl sites for hydroxylation is 2. The zero-order chi connectivity index (χ0) is 12.3. The Morgan fingerprint density at radius 3 is 2.71 bits per heavy atom. The summed E-state index contributed by atoms with van der Waals surface area (Å²) in [6, 6.07) is 0. The molecular formula is C13H23N3S. The van der Waals surface area contributed by atoms with E-state index >= 15 is 0 Å². The van der Waals surface area contributed by atoms with Crippen LogP contribution < -0.4 is 5.73 Å². The largest absolute Gasteiger partial charge is 0.330 e. The van der Waals surface area contributed by atoms with Gasteiger partial charge in [-0.25, -0.2) is 0 Å². The Balaban J connectivity index is 2.12. The molecule has 3 nitrogen and oxygen atoms in total. The Bertz CT molecular complexity index is 367.